The molecule has 2 N–H and O–H groups in total. The van der Waals surface area contributed by atoms with Crippen LogP contribution in [0.25, 0.3) is 0 Å². The molecule has 2 aromatic carbocycles. The lowest BCUT2D eigenvalue weighted by atomic mass is 10.2. The molecule has 1 fully saturated rings. The first-order chi connectivity index (χ1) is 13.5. The molecule has 1 heterocycles. The Labute approximate surface area is 173 Å². The zero-order valence-corrected chi connectivity index (χ0v) is 16.5. The second-order valence-electron chi connectivity index (χ2n) is 6.09. The predicted molar refractivity (Wildman–Crippen MR) is 112 cm³/mol. The van der Waals surface area contributed by atoms with Crippen LogP contribution in [-0.2, 0) is 14.3 Å². The number of hydrogen-bond acceptors (Lipinski definition) is 4. The molecule has 0 aliphatic carbocycles. The van der Waals surface area contributed by atoms with Gasteiger partial charge in [-0.05, 0) is 42.5 Å². The van der Waals surface area contributed by atoms with Crippen LogP contribution in [0.5, 0.6) is 0 Å². The fourth-order valence-electron chi connectivity index (χ4n) is 2.67. The van der Waals surface area contributed by atoms with Crippen molar-refractivity contribution in [2.75, 3.05) is 41.8 Å². The SMILES string of the molecule is O=C(/C=C\C(=O)Nc1ccc(Cl)c(Cl)c1)Nc1ccc(N2CCOCC2)cc1. The van der Waals surface area contributed by atoms with E-state index < -0.39 is 11.8 Å². The van der Waals surface area contributed by atoms with Gasteiger partial charge in [-0.2, -0.15) is 0 Å². The van der Waals surface area contributed by atoms with E-state index in [0.29, 0.717) is 34.6 Å². The minimum absolute atomic E-state index is 0.335. The van der Waals surface area contributed by atoms with Crippen molar-refractivity contribution in [2.24, 2.45) is 0 Å². The molecule has 0 radical (unpaired) electrons. The van der Waals surface area contributed by atoms with Gasteiger partial charge in [0.25, 0.3) is 0 Å². The van der Waals surface area contributed by atoms with Gasteiger partial charge in [0.1, 0.15) is 0 Å². The Bertz CT molecular complexity index is 879. The number of carbonyl (C=O) groups is 2. The second-order valence-corrected chi connectivity index (χ2v) is 6.90. The van der Waals surface area contributed by atoms with Crippen LogP contribution in [0.3, 0.4) is 0 Å². The van der Waals surface area contributed by atoms with Gasteiger partial charge in [0.05, 0.1) is 23.3 Å². The lowest BCUT2D eigenvalue weighted by Gasteiger charge is -2.28. The lowest BCUT2D eigenvalue weighted by Crippen LogP contribution is -2.36. The van der Waals surface area contributed by atoms with Crippen molar-refractivity contribution >= 4 is 52.1 Å². The molecule has 0 atom stereocenters. The number of halogens is 2. The van der Waals surface area contributed by atoms with E-state index in [0.717, 1.165) is 24.9 Å². The monoisotopic (exact) mass is 419 g/mol. The third-order valence-corrected chi connectivity index (χ3v) is 4.82. The summed E-state index contributed by atoms with van der Waals surface area (Å²) in [6.45, 7) is 3.13. The molecule has 8 heteroatoms. The number of amides is 2. The van der Waals surface area contributed by atoms with Crippen LogP contribution in [0.2, 0.25) is 10.0 Å². The van der Waals surface area contributed by atoms with E-state index in [9.17, 15) is 9.59 Å². The summed E-state index contributed by atoms with van der Waals surface area (Å²) in [4.78, 5) is 26.2. The first-order valence-electron chi connectivity index (χ1n) is 8.69. The average molecular weight is 420 g/mol. The van der Waals surface area contributed by atoms with Crippen LogP contribution < -0.4 is 15.5 Å². The first-order valence-corrected chi connectivity index (χ1v) is 9.45. The molecule has 0 aromatic heterocycles. The maximum atomic E-state index is 12.0. The number of nitrogens with zero attached hydrogens (tertiary/aromatic N) is 1. The molecule has 2 amide bonds. The molecule has 0 unspecified atom stereocenters. The van der Waals surface area contributed by atoms with Gasteiger partial charge < -0.3 is 20.3 Å². The van der Waals surface area contributed by atoms with Gasteiger partial charge >= 0.3 is 0 Å². The molecule has 6 nitrogen and oxygen atoms in total. The Balaban J connectivity index is 1.51. The highest BCUT2D eigenvalue weighted by Crippen LogP contribution is 2.25. The van der Waals surface area contributed by atoms with E-state index in [1.165, 1.54) is 12.1 Å². The van der Waals surface area contributed by atoms with Crippen molar-refractivity contribution in [1.29, 1.82) is 0 Å². The molecule has 0 spiro atoms. The number of nitrogens with one attached hydrogen (secondary N) is 2. The Morgan fingerprint density at radius 2 is 1.43 bits per heavy atom. The minimum Gasteiger partial charge on any atom is -0.378 e. The minimum atomic E-state index is -0.448. The number of benzene rings is 2. The maximum Gasteiger partial charge on any atom is 0.248 e. The maximum absolute atomic E-state index is 12.0. The topological polar surface area (TPSA) is 70.7 Å². The molecule has 2 aromatic rings. The Morgan fingerprint density at radius 1 is 0.857 bits per heavy atom. The molecule has 3 rings (SSSR count). The predicted octanol–water partition coefficient (Wildman–Crippen LogP) is 3.96. The molecular weight excluding hydrogens is 401 g/mol. The molecule has 0 saturated carbocycles. The van der Waals surface area contributed by atoms with E-state index in [1.807, 2.05) is 24.3 Å². The summed E-state index contributed by atoms with van der Waals surface area (Å²) in [5, 5.41) is 6.06. The highest BCUT2D eigenvalue weighted by Gasteiger charge is 2.11. The van der Waals surface area contributed by atoms with Crippen molar-refractivity contribution < 1.29 is 14.3 Å². The molecule has 1 aliphatic rings. The molecule has 1 saturated heterocycles. The number of ether oxygens (including phenoxy) is 1. The summed E-state index contributed by atoms with van der Waals surface area (Å²) in [6.07, 6.45) is 2.32. The molecule has 146 valence electrons. The summed E-state index contributed by atoms with van der Waals surface area (Å²) in [5.74, 6) is -0.848. The van der Waals surface area contributed by atoms with Gasteiger partial charge in [0, 0.05) is 42.3 Å². The number of rotatable bonds is 5. The van der Waals surface area contributed by atoms with E-state index >= 15 is 0 Å². The zero-order valence-electron chi connectivity index (χ0n) is 15.0. The standard InChI is InChI=1S/C20H19Cl2N3O3/c21-17-6-3-15(13-18(17)22)24-20(27)8-7-19(26)23-14-1-4-16(5-2-14)25-9-11-28-12-10-25/h1-8,13H,9-12H2,(H,23,26)(H,24,27)/b8-7-. The fourth-order valence-corrected chi connectivity index (χ4v) is 2.97. The Kier molecular flexibility index (Phi) is 6.92. The van der Waals surface area contributed by atoms with Crippen LogP contribution in [0.15, 0.2) is 54.6 Å². The molecule has 28 heavy (non-hydrogen) atoms. The van der Waals surface area contributed by atoms with Crippen LogP contribution in [0, 0.1) is 0 Å². The van der Waals surface area contributed by atoms with Crippen LogP contribution in [-0.4, -0.2) is 38.1 Å². The first kappa shape index (κ1) is 20.2. The highest BCUT2D eigenvalue weighted by atomic mass is 35.5. The van der Waals surface area contributed by atoms with E-state index in [4.69, 9.17) is 27.9 Å². The van der Waals surface area contributed by atoms with E-state index in [2.05, 4.69) is 15.5 Å². The van der Waals surface area contributed by atoms with Gasteiger partial charge in [-0.15, -0.1) is 0 Å². The largest absolute Gasteiger partial charge is 0.378 e. The van der Waals surface area contributed by atoms with Gasteiger partial charge in [0.2, 0.25) is 11.8 Å². The third kappa shape index (κ3) is 5.73. The van der Waals surface area contributed by atoms with Gasteiger partial charge in [0.15, 0.2) is 0 Å². The quantitative estimate of drug-likeness (QED) is 0.719. The Hall–Kier alpha value is -2.54. The normalized spacial score (nSPS) is 14.1. The van der Waals surface area contributed by atoms with Crippen molar-refractivity contribution in [2.45, 2.75) is 0 Å². The van der Waals surface area contributed by atoms with Crippen LogP contribution in [0.1, 0.15) is 0 Å². The van der Waals surface area contributed by atoms with E-state index in [-0.39, 0.29) is 0 Å². The van der Waals surface area contributed by atoms with Crippen molar-refractivity contribution in [3.05, 3.63) is 64.7 Å². The second kappa shape index (κ2) is 9.59. The van der Waals surface area contributed by atoms with Crippen molar-refractivity contribution in [3.63, 3.8) is 0 Å². The summed E-state index contributed by atoms with van der Waals surface area (Å²) >= 11 is 11.7. The highest BCUT2D eigenvalue weighted by molar-refractivity contribution is 6.42. The lowest BCUT2D eigenvalue weighted by molar-refractivity contribution is -0.114. The molecular formula is C20H19Cl2N3O3. The zero-order chi connectivity index (χ0) is 19.9. The van der Waals surface area contributed by atoms with Crippen LogP contribution in [0.4, 0.5) is 17.1 Å². The average Bonchev–Trinajstić information content (AvgIpc) is 2.70. The summed E-state index contributed by atoms with van der Waals surface area (Å²) in [6, 6.07) is 12.3. The molecule has 0 bridgehead atoms. The summed E-state index contributed by atoms with van der Waals surface area (Å²) in [5.41, 5.74) is 2.22. The van der Waals surface area contributed by atoms with Gasteiger partial charge in [-0.3, -0.25) is 9.59 Å². The van der Waals surface area contributed by atoms with E-state index in [1.54, 1.807) is 12.1 Å². The smallest absolute Gasteiger partial charge is 0.248 e. The molecule has 1 aliphatic heterocycles. The summed E-state index contributed by atoms with van der Waals surface area (Å²) in [7, 11) is 0. The summed E-state index contributed by atoms with van der Waals surface area (Å²) < 4.78 is 5.34. The number of hydrogen-bond donors (Lipinski definition) is 2. The fraction of sp³-hybridized carbons (Fsp3) is 0.200. The number of carbonyl (C=O) groups excluding carboxylic acids is 2. The number of anilines is 3. The number of morpholine rings is 1. The van der Waals surface area contributed by atoms with Crippen molar-refractivity contribution in [1.82, 2.24) is 0 Å². The van der Waals surface area contributed by atoms with Gasteiger partial charge in [-0.25, -0.2) is 0 Å². The van der Waals surface area contributed by atoms with Gasteiger partial charge in [-0.1, -0.05) is 23.2 Å². The Morgan fingerprint density at radius 3 is 2.04 bits per heavy atom. The van der Waals surface area contributed by atoms with Crippen molar-refractivity contribution in [3.8, 4) is 0 Å². The van der Waals surface area contributed by atoms with Crippen LogP contribution >= 0.6 is 23.2 Å². The third-order valence-electron chi connectivity index (χ3n) is 4.08.